The van der Waals surface area contributed by atoms with Crippen LogP contribution in [-0.4, -0.2) is 6.41 Å². The number of hydrogen-bond acceptors (Lipinski definition) is 1. The van der Waals surface area contributed by atoms with Crippen LogP contribution in [-0.2, 0) is 4.79 Å². The fraction of sp³-hybridized carbons (Fsp3) is 0.222. The summed E-state index contributed by atoms with van der Waals surface area (Å²) in [6.07, 6.45) is 0.706. The van der Waals surface area contributed by atoms with Crippen molar-refractivity contribution in [1.29, 1.82) is 0 Å². The van der Waals surface area contributed by atoms with E-state index >= 15 is 0 Å². The van der Waals surface area contributed by atoms with E-state index in [0.717, 1.165) is 5.56 Å². The van der Waals surface area contributed by atoms with Gasteiger partial charge in [0.2, 0.25) is 6.41 Å². The minimum Gasteiger partial charge on any atom is -0.352 e. The highest BCUT2D eigenvalue weighted by Crippen LogP contribution is 2.08. The van der Waals surface area contributed by atoms with Gasteiger partial charge in [0.25, 0.3) is 0 Å². The van der Waals surface area contributed by atoms with Crippen LogP contribution in [0.1, 0.15) is 18.5 Å². The van der Waals surface area contributed by atoms with E-state index < -0.39 is 0 Å². The third-order valence-electron chi connectivity index (χ3n) is 1.55. The van der Waals surface area contributed by atoms with Crippen LogP contribution < -0.4 is 5.32 Å². The van der Waals surface area contributed by atoms with Crippen molar-refractivity contribution < 1.29 is 4.79 Å². The molecule has 1 unspecified atom stereocenters. The molecular formula is C9H10NO. The molecule has 2 nitrogen and oxygen atoms in total. The molecule has 1 N–H and O–H groups in total. The molecule has 0 aliphatic rings. The molecule has 1 rings (SSSR count). The first kappa shape index (κ1) is 7.79. The largest absolute Gasteiger partial charge is 0.352 e. The number of nitrogens with one attached hydrogen (secondary N) is 1. The molecule has 0 saturated carbocycles. The molecule has 11 heavy (non-hydrogen) atoms. The minimum absolute atomic E-state index is 0.0740. The third-order valence-corrected chi connectivity index (χ3v) is 1.55. The summed E-state index contributed by atoms with van der Waals surface area (Å²) in [7, 11) is 0. The molecule has 0 heterocycles. The number of benzene rings is 1. The molecule has 0 saturated heterocycles. The Morgan fingerprint density at radius 3 is 3.09 bits per heavy atom. The molecule has 2 heteroatoms. The maximum Gasteiger partial charge on any atom is 0.207 e. The first-order chi connectivity index (χ1) is 5.34. The summed E-state index contributed by atoms with van der Waals surface area (Å²) in [5.74, 6) is 0. The average molecular weight is 148 g/mol. The van der Waals surface area contributed by atoms with Crippen molar-refractivity contribution in [3.63, 3.8) is 0 Å². The van der Waals surface area contributed by atoms with Gasteiger partial charge in [-0.05, 0) is 24.6 Å². The van der Waals surface area contributed by atoms with E-state index in [0.29, 0.717) is 6.41 Å². The number of amides is 1. The summed E-state index contributed by atoms with van der Waals surface area (Å²) in [5.41, 5.74) is 1.07. The summed E-state index contributed by atoms with van der Waals surface area (Å²) in [6.45, 7) is 1.93. The molecule has 0 aliphatic carbocycles. The lowest BCUT2D eigenvalue weighted by atomic mass is 10.1. The Hall–Kier alpha value is -1.31. The first-order valence-electron chi connectivity index (χ1n) is 3.50. The Morgan fingerprint density at radius 1 is 1.73 bits per heavy atom. The highest BCUT2D eigenvalue weighted by atomic mass is 16.1. The van der Waals surface area contributed by atoms with E-state index in [-0.39, 0.29) is 6.04 Å². The zero-order chi connectivity index (χ0) is 8.10. The van der Waals surface area contributed by atoms with E-state index in [1.165, 1.54) is 0 Å². The molecule has 1 aromatic rings. The molecule has 1 radical (unpaired) electrons. The maximum absolute atomic E-state index is 10.1. The van der Waals surface area contributed by atoms with Crippen LogP contribution in [0, 0.1) is 6.07 Å². The van der Waals surface area contributed by atoms with Crippen molar-refractivity contribution >= 4 is 6.41 Å². The third kappa shape index (κ3) is 2.08. The second-order valence-electron chi connectivity index (χ2n) is 2.34. The average Bonchev–Trinajstić information content (AvgIpc) is 2.07. The van der Waals surface area contributed by atoms with Gasteiger partial charge in [-0.25, -0.2) is 0 Å². The second kappa shape index (κ2) is 3.76. The van der Waals surface area contributed by atoms with Gasteiger partial charge in [-0.1, -0.05) is 18.2 Å². The Bertz CT molecular complexity index is 220. The highest BCUT2D eigenvalue weighted by molar-refractivity contribution is 5.47. The van der Waals surface area contributed by atoms with E-state index in [4.69, 9.17) is 0 Å². The minimum atomic E-state index is 0.0740. The van der Waals surface area contributed by atoms with Crippen LogP contribution in [0.5, 0.6) is 0 Å². The summed E-state index contributed by atoms with van der Waals surface area (Å²) < 4.78 is 0. The van der Waals surface area contributed by atoms with Crippen molar-refractivity contribution in [3.8, 4) is 0 Å². The molecule has 0 aromatic heterocycles. The van der Waals surface area contributed by atoms with Gasteiger partial charge in [0.15, 0.2) is 0 Å². The van der Waals surface area contributed by atoms with Crippen molar-refractivity contribution in [1.82, 2.24) is 5.32 Å². The quantitative estimate of drug-likeness (QED) is 0.643. The van der Waals surface area contributed by atoms with Gasteiger partial charge >= 0.3 is 0 Å². The number of rotatable bonds is 3. The molecule has 0 aliphatic heterocycles. The van der Waals surface area contributed by atoms with Gasteiger partial charge in [0.05, 0.1) is 6.04 Å². The Labute approximate surface area is 66.2 Å². The topological polar surface area (TPSA) is 29.1 Å². The molecular weight excluding hydrogens is 138 g/mol. The Morgan fingerprint density at radius 2 is 2.55 bits per heavy atom. The van der Waals surface area contributed by atoms with Crippen LogP contribution in [0.2, 0.25) is 0 Å². The molecule has 0 fully saturated rings. The van der Waals surface area contributed by atoms with Gasteiger partial charge in [-0.15, -0.1) is 0 Å². The second-order valence-corrected chi connectivity index (χ2v) is 2.34. The van der Waals surface area contributed by atoms with Crippen LogP contribution in [0.3, 0.4) is 0 Å². The number of carbonyl (C=O) groups is 1. The van der Waals surface area contributed by atoms with E-state index in [1.807, 2.05) is 31.2 Å². The highest BCUT2D eigenvalue weighted by Gasteiger charge is 2.00. The lowest BCUT2D eigenvalue weighted by Crippen LogP contribution is -2.15. The number of carbonyl (C=O) groups excluding carboxylic acids is 1. The summed E-state index contributed by atoms with van der Waals surface area (Å²) in [6, 6.07) is 10.6. The summed E-state index contributed by atoms with van der Waals surface area (Å²) in [5, 5.41) is 2.66. The Kier molecular flexibility index (Phi) is 2.66. The van der Waals surface area contributed by atoms with Crippen molar-refractivity contribution in [2.45, 2.75) is 13.0 Å². The molecule has 1 aromatic carbocycles. The molecule has 57 valence electrons. The van der Waals surface area contributed by atoms with E-state index in [1.54, 1.807) is 0 Å². The smallest absolute Gasteiger partial charge is 0.207 e. The monoisotopic (exact) mass is 148 g/mol. The van der Waals surface area contributed by atoms with Crippen molar-refractivity contribution in [2.24, 2.45) is 0 Å². The van der Waals surface area contributed by atoms with Gasteiger partial charge in [0, 0.05) is 0 Å². The molecule has 1 atom stereocenters. The SMILES string of the molecule is CC(NC=O)c1c[c]ccc1. The number of hydrogen-bond donors (Lipinski definition) is 1. The zero-order valence-electron chi connectivity index (χ0n) is 6.37. The van der Waals surface area contributed by atoms with Crippen molar-refractivity contribution in [3.05, 3.63) is 35.9 Å². The molecule has 0 bridgehead atoms. The first-order valence-corrected chi connectivity index (χ1v) is 3.50. The lowest BCUT2D eigenvalue weighted by molar-refractivity contribution is -0.110. The summed E-state index contributed by atoms with van der Waals surface area (Å²) in [4.78, 5) is 10.1. The van der Waals surface area contributed by atoms with Gasteiger partial charge in [-0.2, -0.15) is 0 Å². The van der Waals surface area contributed by atoms with Crippen LogP contribution in [0.15, 0.2) is 24.3 Å². The van der Waals surface area contributed by atoms with Crippen LogP contribution in [0.25, 0.3) is 0 Å². The predicted octanol–water partition coefficient (Wildman–Crippen LogP) is 1.29. The lowest BCUT2D eigenvalue weighted by Gasteiger charge is -2.08. The van der Waals surface area contributed by atoms with Crippen LogP contribution in [0.4, 0.5) is 0 Å². The zero-order valence-corrected chi connectivity index (χ0v) is 6.37. The Balaban J connectivity index is 2.68. The standard InChI is InChI=1S/C9H10NO/c1-8(10-7-11)9-5-3-2-4-6-9/h2-3,5-8H,1H3,(H,10,11). The maximum atomic E-state index is 10.1. The van der Waals surface area contributed by atoms with E-state index in [2.05, 4.69) is 11.4 Å². The molecule has 1 amide bonds. The van der Waals surface area contributed by atoms with E-state index in [9.17, 15) is 4.79 Å². The normalized spacial score (nSPS) is 12.1. The van der Waals surface area contributed by atoms with Gasteiger partial charge in [-0.3, -0.25) is 4.79 Å². The fourth-order valence-corrected chi connectivity index (χ4v) is 0.875. The molecule has 0 spiro atoms. The summed E-state index contributed by atoms with van der Waals surface area (Å²) >= 11 is 0. The van der Waals surface area contributed by atoms with Gasteiger partial charge in [0.1, 0.15) is 0 Å². The fourth-order valence-electron chi connectivity index (χ4n) is 0.875. The van der Waals surface area contributed by atoms with Crippen molar-refractivity contribution in [2.75, 3.05) is 0 Å². The predicted molar refractivity (Wildman–Crippen MR) is 42.9 cm³/mol. The van der Waals surface area contributed by atoms with Crippen LogP contribution >= 0.6 is 0 Å². The van der Waals surface area contributed by atoms with Gasteiger partial charge < -0.3 is 5.32 Å².